The highest BCUT2D eigenvalue weighted by Gasteiger charge is 2.06. The second-order valence-corrected chi connectivity index (χ2v) is 4.80. The SMILES string of the molecule is C#Cc1cccc(NC(=O)CN(C)CCCCCO)c1. The van der Waals surface area contributed by atoms with Crippen LogP contribution in [-0.2, 0) is 4.79 Å². The highest BCUT2D eigenvalue weighted by Crippen LogP contribution is 2.09. The summed E-state index contributed by atoms with van der Waals surface area (Å²) in [5.41, 5.74) is 1.47. The van der Waals surface area contributed by atoms with Crippen LogP contribution in [0.3, 0.4) is 0 Å². The highest BCUT2D eigenvalue weighted by atomic mass is 16.2. The summed E-state index contributed by atoms with van der Waals surface area (Å²) in [6, 6.07) is 7.24. The van der Waals surface area contributed by atoms with Gasteiger partial charge in [-0.25, -0.2) is 0 Å². The molecule has 4 nitrogen and oxygen atoms in total. The molecule has 0 aliphatic carbocycles. The molecule has 1 aromatic rings. The summed E-state index contributed by atoms with van der Waals surface area (Å²) in [5.74, 6) is 2.49. The van der Waals surface area contributed by atoms with Crippen molar-refractivity contribution in [3.05, 3.63) is 29.8 Å². The second-order valence-electron chi connectivity index (χ2n) is 4.80. The van der Waals surface area contributed by atoms with E-state index in [2.05, 4.69) is 11.2 Å². The molecule has 0 saturated carbocycles. The fourth-order valence-electron chi connectivity index (χ4n) is 1.88. The van der Waals surface area contributed by atoms with E-state index in [0.29, 0.717) is 6.54 Å². The number of benzene rings is 1. The standard InChI is InChI=1S/C16H22N2O2/c1-3-14-8-7-9-15(12-14)17-16(20)13-18(2)10-5-4-6-11-19/h1,7-9,12,19H,4-6,10-11,13H2,2H3,(H,17,20). The van der Waals surface area contributed by atoms with E-state index >= 15 is 0 Å². The topological polar surface area (TPSA) is 52.6 Å². The molecule has 0 heterocycles. The molecular formula is C16H22N2O2. The predicted octanol–water partition coefficient (Wildman–Crippen LogP) is 1.70. The largest absolute Gasteiger partial charge is 0.396 e. The number of aliphatic hydroxyl groups is 1. The van der Waals surface area contributed by atoms with E-state index in [1.165, 1.54) is 0 Å². The van der Waals surface area contributed by atoms with Gasteiger partial charge in [-0.05, 0) is 51.1 Å². The van der Waals surface area contributed by atoms with Crippen LogP contribution in [0.1, 0.15) is 24.8 Å². The van der Waals surface area contributed by atoms with Crippen molar-refractivity contribution < 1.29 is 9.90 Å². The first-order valence-electron chi connectivity index (χ1n) is 6.81. The maximum absolute atomic E-state index is 11.9. The van der Waals surface area contributed by atoms with Gasteiger partial charge in [0.05, 0.1) is 6.54 Å². The van der Waals surface area contributed by atoms with Crippen molar-refractivity contribution in [2.75, 3.05) is 32.1 Å². The molecule has 0 aliphatic rings. The van der Waals surface area contributed by atoms with Gasteiger partial charge in [0.25, 0.3) is 0 Å². The minimum absolute atomic E-state index is 0.0520. The lowest BCUT2D eigenvalue weighted by molar-refractivity contribution is -0.117. The predicted molar refractivity (Wildman–Crippen MR) is 81.4 cm³/mol. The number of hydrogen-bond acceptors (Lipinski definition) is 3. The lowest BCUT2D eigenvalue weighted by atomic mass is 10.2. The third-order valence-corrected chi connectivity index (χ3v) is 2.92. The van der Waals surface area contributed by atoms with Crippen LogP contribution in [0.2, 0.25) is 0 Å². The number of carbonyl (C=O) groups excluding carboxylic acids is 1. The summed E-state index contributed by atoms with van der Waals surface area (Å²) < 4.78 is 0. The van der Waals surface area contributed by atoms with E-state index in [0.717, 1.165) is 37.1 Å². The van der Waals surface area contributed by atoms with Crippen LogP contribution in [0.5, 0.6) is 0 Å². The first kappa shape index (κ1) is 16.2. The number of amides is 1. The van der Waals surface area contributed by atoms with Gasteiger partial charge in [-0.1, -0.05) is 12.0 Å². The van der Waals surface area contributed by atoms with Crippen LogP contribution in [0.15, 0.2) is 24.3 Å². The van der Waals surface area contributed by atoms with Crippen molar-refractivity contribution in [1.82, 2.24) is 4.90 Å². The van der Waals surface area contributed by atoms with E-state index in [9.17, 15) is 4.79 Å². The number of unbranched alkanes of at least 4 members (excludes halogenated alkanes) is 2. The number of nitrogens with zero attached hydrogens (tertiary/aromatic N) is 1. The average molecular weight is 274 g/mol. The zero-order valence-electron chi connectivity index (χ0n) is 11.9. The zero-order chi connectivity index (χ0) is 14.8. The average Bonchev–Trinajstić information content (AvgIpc) is 2.43. The van der Waals surface area contributed by atoms with Crippen LogP contribution >= 0.6 is 0 Å². The van der Waals surface area contributed by atoms with Crippen molar-refractivity contribution in [2.24, 2.45) is 0 Å². The van der Waals surface area contributed by atoms with Crippen molar-refractivity contribution in [3.8, 4) is 12.3 Å². The molecule has 20 heavy (non-hydrogen) atoms. The third-order valence-electron chi connectivity index (χ3n) is 2.92. The summed E-state index contributed by atoms with van der Waals surface area (Å²) in [4.78, 5) is 13.8. The molecule has 0 aliphatic heterocycles. The molecule has 1 rings (SSSR count). The van der Waals surface area contributed by atoms with Crippen LogP contribution in [0, 0.1) is 12.3 Å². The molecule has 0 atom stereocenters. The minimum atomic E-state index is -0.0520. The molecule has 0 saturated heterocycles. The fraction of sp³-hybridized carbons (Fsp3) is 0.438. The van der Waals surface area contributed by atoms with E-state index in [1.54, 1.807) is 6.07 Å². The van der Waals surface area contributed by atoms with Crippen LogP contribution < -0.4 is 5.32 Å². The van der Waals surface area contributed by atoms with Gasteiger partial charge in [0, 0.05) is 17.9 Å². The number of hydrogen-bond donors (Lipinski definition) is 2. The lowest BCUT2D eigenvalue weighted by Crippen LogP contribution is -2.30. The summed E-state index contributed by atoms with van der Waals surface area (Å²) in [7, 11) is 1.91. The molecule has 1 aromatic carbocycles. The number of terminal acetylenes is 1. The molecule has 0 spiro atoms. The third kappa shape index (κ3) is 6.37. The summed E-state index contributed by atoms with van der Waals surface area (Å²) in [6.45, 7) is 1.42. The minimum Gasteiger partial charge on any atom is -0.396 e. The Hall–Kier alpha value is -1.83. The zero-order valence-corrected chi connectivity index (χ0v) is 11.9. The molecule has 0 unspecified atom stereocenters. The second kappa shape index (κ2) is 9.13. The van der Waals surface area contributed by atoms with Crippen molar-refractivity contribution in [3.63, 3.8) is 0 Å². The Morgan fingerprint density at radius 3 is 2.90 bits per heavy atom. The van der Waals surface area contributed by atoms with Gasteiger partial charge in [0.15, 0.2) is 0 Å². The smallest absolute Gasteiger partial charge is 0.238 e. The summed E-state index contributed by atoms with van der Waals surface area (Å²) >= 11 is 0. The van der Waals surface area contributed by atoms with Gasteiger partial charge in [-0.3, -0.25) is 9.69 Å². The van der Waals surface area contributed by atoms with Crippen molar-refractivity contribution in [2.45, 2.75) is 19.3 Å². The Morgan fingerprint density at radius 2 is 2.20 bits per heavy atom. The van der Waals surface area contributed by atoms with E-state index < -0.39 is 0 Å². The van der Waals surface area contributed by atoms with E-state index in [1.807, 2.05) is 30.1 Å². The van der Waals surface area contributed by atoms with E-state index in [-0.39, 0.29) is 12.5 Å². The normalized spacial score (nSPS) is 10.3. The van der Waals surface area contributed by atoms with Gasteiger partial charge in [0.2, 0.25) is 5.91 Å². The monoisotopic (exact) mass is 274 g/mol. The number of likely N-dealkylation sites (N-methyl/N-ethyl adjacent to an activating group) is 1. The first-order chi connectivity index (χ1) is 9.65. The number of rotatable bonds is 8. The molecule has 4 heteroatoms. The van der Waals surface area contributed by atoms with Crippen LogP contribution in [0.4, 0.5) is 5.69 Å². The summed E-state index contributed by atoms with van der Waals surface area (Å²) in [6.07, 6.45) is 8.10. The number of anilines is 1. The van der Waals surface area contributed by atoms with Crippen molar-refractivity contribution in [1.29, 1.82) is 0 Å². The Bertz CT molecular complexity index is 466. The Kier molecular flexibility index (Phi) is 7.41. The summed E-state index contributed by atoms with van der Waals surface area (Å²) in [5, 5.41) is 11.5. The van der Waals surface area contributed by atoms with Gasteiger partial charge in [-0.2, -0.15) is 0 Å². The van der Waals surface area contributed by atoms with Gasteiger partial charge in [0.1, 0.15) is 0 Å². The molecule has 0 fully saturated rings. The number of aliphatic hydroxyl groups excluding tert-OH is 1. The molecule has 0 bridgehead atoms. The molecule has 2 N–H and O–H groups in total. The van der Waals surface area contributed by atoms with Crippen molar-refractivity contribution >= 4 is 11.6 Å². The molecule has 0 radical (unpaired) electrons. The van der Waals surface area contributed by atoms with Crippen LogP contribution in [-0.4, -0.2) is 42.7 Å². The number of carbonyl (C=O) groups is 1. The lowest BCUT2D eigenvalue weighted by Gasteiger charge is -2.16. The Labute approximate surface area is 120 Å². The molecular weight excluding hydrogens is 252 g/mol. The quantitative estimate of drug-likeness (QED) is 0.560. The molecule has 0 aromatic heterocycles. The molecule has 108 valence electrons. The van der Waals surface area contributed by atoms with E-state index in [4.69, 9.17) is 11.5 Å². The maximum Gasteiger partial charge on any atom is 0.238 e. The Balaban J connectivity index is 2.33. The first-order valence-corrected chi connectivity index (χ1v) is 6.81. The van der Waals surface area contributed by atoms with Crippen LogP contribution in [0.25, 0.3) is 0 Å². The van der Waals surface area contributed by atoms with Gasteiger partial charge >= 0.3 is 0 Å². The maximum atomic E-state index is 11.9. The number of nitrogens with one attached hydrogen (secondary N) is 1. The van der Waals surface area contributed by atoms with Gasteiger partial charge < -0.3 is 10.4 Å². The fourth-order valence-corrected chi connectivity index (χ4v) is 1.88. The highest BCUT2D eigenvalue weighted by molar-refractivity contribution is 5.92. The van der Waals surface area contributed by atoms with Gasteiger partial charge in [-0.15, -0.1) is 6.42 Å². The molecule has 1 amide bonds. The Morgan fingerprint density at radius 1 is 1.40 bits per heavy atom.